The number of allylic oxidation sites excluding steroid dienone is 2. The molecule has 0 radical (unpaired) electrons. The molecule has 1 rings (SSSR count). The minimum Gasteiger partial charge on any atom is -0.381 e. The highest BCUT2D eigenvalue weighted by Crippen LogP contribution is 2.04. The Morgan fingerprint density at radius 2 is 1.42 bits per heavy atom. The molecule has 0 amide bonds. The monoisotopic (exact) mass is 358 g/mol. The van der Waals surface area contributed by atoms with Gasteiger partial charge in [-0.05, 0) is 32.6 Å². The van der Waals surface area contributed by atoms with Gasteiger partial charge < -0.3 is 9.47 Å². The smallest absolute Gasteiger partial charge is 0.166 e. The minimum absolute atomic E-state index is 0.161. The summed E-state index contributed by atoms with van der Waals surface area (Å²) in [7, 11) is 0. The van der Waals surface area contributed by atoms with Gasteiger partial charge in [0.2, 0.25) is 0 Å². The maximum absolute atomic E-state index is 11.9. The molecule has 0 aliphatic heterocycles. The summed E-state index contributed by atoms with van der Waals surface area (Å²) in [6.45, 7) is 5.27. The zero-order chi connectivity index (χ0) is 18.7. The van der Waals surface area contributed by atoms with Crippen molar-refractivity contribution in [1.29, 1.82) is 0 Å². The second-order valence-corrected chi connectivity index (χ2v) is 6.25. The van der Waals surface area contributed by atoms with Crippen LogP contribution < -0.4 is 0 Å². The number of benzene rings is 1. The number of rotatable bonds is 16. The van der Waals surface area contributed by atoms with Gasteiger partial charge in [0.15, 0.2) is 5.78 Å². The molecule has 144 valence electrons. The summed E-state index contributed by atoms with van der Waals surface area (Å²) in [5, 5.41) is 0. The van der Waals surface area contributed by atoms with E-state index in [1.807, 2.05) is 49.4 Å². The van der Waals surface area contributed by atoms with Crippen LogP contribution in [0.25, 0.3) is 0 Å². The van der Waals surface area contributed by atoms with Gasteiger partial charge >= 0.3 is 0 Å². The SMILES string of the molecule is CC=CCCOCCCCCCOCCC=CCC(=O)c1ccccc1. The summed E-state index contributed by atoms with van der Waals surface area (Å²) >= 11 is 0. The molecule has 0 saturated heterocycles. The highest BCUT2D eigenvalue weighted by atomic mass is 16.5. The lowest BCUT2D eigenvalue weighted by Gasteiger charge is -2.04. The van der Waals surface area contributed by atoms with Crippen LogP contribution in [-0.4, -0.2) is 32.2 Å². The van der Waals surface area contributed by atoms with Gasteiger partial charge in [-0.15, -0.1) is 0 Å². The lowest BCUT2D eigenvalue weighted by atomic mass is 10.1. The summed E-state index contributed by atoms with van der Waals surface area (Å²) in [5.74, 6) is 0.161. The van der Waals surface area contributed by atoms with Crippen LogP contribution in [0.1, 0.15) is 62.2 Å². The Morgan fingerprint density at radius 1 is 0.808 bits per heavy atom. The van der Waals surface area contributed by atoms with Gasteiger partial charge in [-0.1, -0.05) is 67.5 Å². The number of hydrogen-bond acceptors (Lipinski definition) is 3. The van der Waals surface area contributed by atoms with Gasteiger partial charge in [0.1, 0.15) is 0 Å². The first kappa shape index (κ1) is 22.3. The van der Waals surface area contributed by atoms with Crippen LogP contribution in [0.3, 0.4) is 0 Å². The molecule has 0 spiro atoms. The third-order valence-corrected chi connectivity index (χ3v) is 3.99. The maximum Gasteiger partial charge on any atom is 0.166 e. The average molecular weight is 359 g/mol. The van der Waals surface area contributed by atoms with Crippen molar-refractivity contribution in [2.75, 3.05) is 26.4 Å². The van der Waals surface area contributed by atoms with E-state index in [-0.39, 0.29) is 5.78 Å². The molecule has 0 N–H and O–H groups in total. The molecule has 26 heavy (non-hydrogen) atoms. The third-order valence-electron chi connectivity index (χ3n) is 3.99. The lowest BCUT2D eigenvalue weighted by Crippen LogP contribution is -1.98. The van der Waals surface area contributed by atoms with Crippen LogP contribution in [0.2, 0.25) is 0 Å². The van der Waals surface area contributed by atoms with E-state index in [1.165, 1.54) is 12.8 Å². The Hall–Kier alpha value is -1.71. The van der Waals surface area contributed by atoms with Crippen molar-refractivity contribution in [2.24, 2.45) is 0 Å². The van der Waals surface area contributed by atoms with Crippen LogP contribution in [0, 0.1) is 0 Å². The maximum atomic E-state index is 11.9. The highest BCUT2D eigenvalue weighted by Gasteiger charge is 2.01. The molecule has 0 aliphatic rings. The van der Waals surface area contributed by atoms with E-state index < -0.39 is 0 Å². The molecule has 0 fully saturated rings. The minimum atomic E-state index is 0.161. The molecule has 0 bridgehead atoms. The van der Waals surface area contributed by atoms with E-state index in [0.29, 0.717) is 6.42 Å². The fourth-order valence-corrected chi connectivity index (χ4v) is 2.49. The summed E-state index contributed by atoms with van der Waals surface area (Å²) < 4.78 is 11.2. The Labute approximate surface area is 159 Å². The van der Waals surface area contributed by atoms with Gasteiger partial charge in [0, 0.05) is 25.2 Å². The van der Waals surface area contributed by atoms with Gasteiger partial charge in [0.25, 0.3) is 0 Å². The Bertz CT molecular complexity index is 505. The van der Waals surface area contributed by atoms with E-state index in [9.17, 15) is 4.79 Å². The molecular weight excluding hydrogens is 324 g/mol. The molecule has 0 heterocycles. The van der Waals surface area contributed by atoms with Gasteiger partial charge in [-0.2, -0.15) is 0 Å². The number of ketones is 1. The van der Waals surface area contributed by atoms with E-state index in [4.69, 9.17) is 9.47 Å². The largest absolute Gasteiger partial charge is 0.381 e. The first-order valence-corrected chi connectivity index (χ1v) is 9.84. The van der Waals surface area contributed by atoms with Crippen LogP contribution in [0.4, 0.5) is 0 Å². The third kappa shape index (κ3) is 12.6. The van der Waals surface area contributed by atoms with E-state index in [0.717, 1.165) is 57.7 Å². The standard InChI is InChI=1S/C23H34O3/c1-2-3-11-18-25-19-12-4-5-13-20-26-21-14-7-10-17-23(24)22-15-8-6-9-16-22/h2-3,6-10,15-16H,4-5,11-14,17-21H2,1H3. The first-order chi connectivity index (χ1) is 12.8. The molecule has 0 aliphatic carbocycles. The molecule has 0 unspecified atom stereocenters. The second kappa shape index (κ2) is 16.7. The Balaban J connectivity index is 1.84. The van der Waals surface area contributed by atoms with Crippen LogP contribution in [0.15, 0.2) is 54.6 Å². The predicted octanol–water partition coefficient (Wildman–Crippen LogP) is 5.77. The summed E-state index contributed by atoms with van der Waals surface area (Å²) in [6.07, 6.45) is 15.1. The zero-order valence-electron chi connectivity index (χ0n) is 16.2. The van der Waals surface area contributed by atoms with Crippen molar-refractivity contribution >= 4 is 5.78 Å². The Kier molecular flexibility index (Phi) is 14.4. The molecule has 3 nitrogen and oxygen atoms in total. The number of Topliss-reactive ketones (excluding diaryl/α,β-unsaturated/α-hetero) is 1. The second-order valence-electron chi connectivity index (χ2n) is 6.25. The number of unbranched alkanes of at least 4 members (excludes halogenated alkanes) is 3. The quantitative estimate of drug-likeness (QED) is 0.214. The molecule has 0 saturated carbocycles. The summed E-state index contributed by atoms with van der Waals surface area (Å²) in [6, 6.07) is 9.42. The van der Waals surface area contributed by atoms with Gasteiger partial charge in [0.05, 0.1) is 13.2 Å². The first-order valence-electron chi connectivity index (χ1n) is 9.84. The van der Waals surface area contributed by atoms with Crippen molar-refractivity contribution in [2.45, 2.75) is 51.9 Å². The van der Waals surface area contributed by atoms with Crippen LogP contribution in [0.5, 0.6) is 0 Å². The van der Waals surface area contributed by atoms with Gasteiger partial charge in [-0.3, -0.25) is 4.79 Å². The molecule has 3 heteroatoms. The van der Waals surface area contributed by atoms with E-state index >= 15 is 0 Å². The average Bonchev–Trinajstić information content (AvgIpc) is 2.68. The van der Waals surface area contributed by atoms with Crippen molar-refractivity contribution in [1.82, 2.24) is 0 Å². The highest BCUT2D eigenvalue weighted by molar-refractivity contribution is 5.96. The topological polar surface area (TPSA) is 35.5 Å². The van der Waals surface area contributed by atoms with Crippen molar-refractivity contribution < 1.29 is 14.3 Å². The number of carbonyl (C=O) groups excluding carboxylic acids is 1. The van der Waals surface area contributed by atoms with Crippen LogP contribution >= 0.6 is 0 Å². The predicted molar refractivity (Wildman–Crippen MR) is 109 cm³/mol. The fourth-order valence-electron chi connectivity index (χ4n) is 2.49. The number of hydrogen-bond donors (Lipinski definition) is 0. The molecule has 0 aromatic heterocycles. The van der Waals surface area contributed by atoms with Gasteiger partial charge in [-0.25, -0.2) is 0 Å². The summed E-state index contributed by atoms with van der Waals surface area (Å²) in [5.41, 5.74) is 0.775. The molecule has 1 aromatic carbocycles. The lowest BCUT2D eigenvalue weighted by molar-refractivity contribution is 0.0995. The van der Waals surface area contributed by atoms with E-state index in [2.05, 4.69) is 12.2 Å². The molecule has 0 atom stereocenters. The number of ether oxygens (including phenoxy) is 2. The van der Waals surface area contributed by atoms with Crippen molar-refractivity contribution in [3.63, 3.8) is 0 Å². The molecular formula is C23H34O3. The van der Waals surface area contributed by atoms with Crippen molar-refractivity contribution in [3.8, 4) is 0 Å². The summed E-state index contributed by atoms with van der Waals surface area (Å²) in [4.78, 5) is 11.9. The fraction of sp³-hybridized carbons (Fsp3) is 0.522. The van der Waals surface area contributed by atoms with E-state index in [1.54, 1.807) is 0 Å². The number of carbonyl (C=O) groups is 1. The Morgan fingerprint density at radius 3 is 2.04 bits per heavy atom. The molecule has 1 aromatic rings. The normalized spacial score (nSPS) is 11.6. The van der Waals surface area contributed by atoms with Crippen LogP contribution in [-0.2, 0) is 9.47 Å². The zero-order valence-corrected chi connectivity index (χ0v) is 16.2. The van der Waals surface area contributed by atoms with Crippen molar-refractivity contribution in [3.05, 3.63) is 60.2 Å².